The Morgan fingerprint density at radius 1 is 1.06 bits per heavy atom. The maximum absolute atomic E-state index is 10.4. The Morgan fingerprint density at radius 2 is 1.71 bits per heavy atom. The van der Waals surface area contributed by atoms with Crippen molar-refractivity contribution >= 4 is 12.1 Å². The number of pyridine rings is 2. The number of aromatic nitrogens is 2. The standard InChI is InChI=1S/C11H7N3O3/c15-7-10-3-1-8(5-12-10)9-2-4-11(13-6-9)14(16)17/h1-7H. The van der Waals surface area contributed by atoms with Crippen LogP contribution < -0.4 is 0 Å². The Balaban J connectivity index is 2.32. The van der Waals surface area contributed by atoms with Gasteiger partial charge < -0.3 is 10.1 Å². The van der Waals surface area contributed by atoms with Gasteiger partial charge in [0, 0.05) is 23.4 Å². The number of carbonyl (C=O) groups excluding carboxylic acids is 1. The molecule has 0 amide bonds. The Morgan fingerprint density at radius 3 is 2.12 bits per heavy atom. The quantitative estimate of drug-likeness (QED) is 0.455. The van der Waals surface area contributed by atoms with Crippen molar-refractivity contribution in [2.45, 2.75) is 0 Å². The molecule has 0 aliphatic rings. The molecule has 0 radical (unpaired) electrons. The second-order valence-electron chi connectivity index (χ2n) is 3.25. The van der Waals surface area contributed by atoms with Crippen molar-refractivity contribution < 1.29 is 9.72 Å². The molecule has 2 aromatic heterocycles. The smallest absolute Gasteiger partial charge is 0.358 e. The Hall–Kier alpha value is -2.63. The summed E-state index contributed by atoms with van der Waals surface area (Å²) in [4.78, 5) is 27.9. The van der Waals surface area contributed by atoms with Gasteiger partial charge in [0.15, 0.2) is 6.29 Å². The second-order valence-corrected chi connectivity index (χ2v) is 3.25. The number of carbonyl (C=O) groups is 1. The molecule has 0 N–H and O–H groups in total. The fourth-order valence-electron chi connectivity index (χ4n) is 1.31. The van der Waals surface area contributed by atoms with Gasteiger partial charge >= 0.3 is 5.82 Å². The highest BCUT2D eigenvalue weighted by atomic mass is 16.6. The molecule has 0 atom stereocenters. The first-order valence-corrected chi connectivity index (χ1v) is 4.73. The van der Waals surface area contributed by atoms with Gasteiger partial charge in [0.25, 0.3) is 0 Å². The van der Waals surface area contributed by atoms with Crippen molar-refractivity contribution in [2.24, 2.45) is 0 Å². The van der Waals surface area contributed by atoms with Gasteiger partial charge in [-0.3, -0.25) is 9.78 Å². The van der Waals surface area contributed by atoms with Crippen molar-refractivity contribution in [3.63, 3.8) is 0 Å². The minimum atomic E-state index is -0.558. The molecule has 0 unspecified atom stereocenters. The van der Waals surface area contributed by atoms with Crippen LogP contribution in [0.15, 0.2) is 36.7 Å². The monoisotopic (exact) mass is 229 g/mol. The number of rotatable bonds is 3. The van der Waals surface area contributed by atoms with Crippen molar-refractivity contribution in [3.05, 3.63) is 52.5 Å². The molecule has 0 bridgehead atoms. The highest BCUT2D eigenvalue weighted by Gasteiger charge is 2.07. The Kier molecular flexibility index (Phi) is 2.87. The van der Waals surface area contributed by atoms with Crippen LogP contribution in [-0.4, -0.2) is 21.2 Å². The van der Waals surface area contributed by atoms with Crippen LogP contribution in [0.5, 0.6) is 0 Å². The van der Waals surface area contributed by atoms with Gasteiger partial charge in [-0.25, -0.2) is 0 Å². The van der Waals surface area contributed by atoms with Gasteiger partial charge in [-0.05, 0) is 22.0 Å². The molecular formula is C11H7N3O3. The normalized spacial score (nSPS) is 9.88. The lowest BCUT2D eigenvalue weighted by Crippen LogP contribution is -1.92. The summed E-state index contributed by atoms with van der Waals surface area (Å²) in [5.41, 5.74) is 1.79. The summed E-state index contributed by atoms with van der Waals surface area (Å²) in [5, 5.41) is 10.4. The summed E-state index contributed by atoms with van der Waals surface area (Å²) >= 11 is 0. The number of nitrogens with zero attached hydrogens (tertiary/aromatic N) is 3. The second kappa shape index (κ2) is 4.48. The first-order chi connectivity index (χ1) is 8.20. The lowest BCUT2D eigenvalue weighted by molar-refractivity contribution is -0.389. The van der Waals surface area contributed by atoms with Crippen LogP contribution >= 0.6 is 0 Å². The summed E-state index contributed by atoms with van der Waals surface area (Å²) < 4.78 is 0. The van der Waals surface area contributed by atoms with Crippen LogP contribution in [0.2, 0.25) is 0 Å². The molecule has 6 heteroatoms. The first kappa shape index (κ1) is 10.9. The van der Waals surface area contributed by atoms with E-state index in [0.29, 0.717) is 17.5 Å². The summed E-state index contributed by atoms with van der Waals surface area (Å²) in [5.74, 6) is -0.203. The van der Waals surface area contributed by atoms with Crippen LogP contribution in [0.4, 0.5) is 5.82 Å². The lowest BCUT2D eigenvalue weighted by Gasteiger charge is -1.98. The third-order valence-corrected chi connectivity index (χ3v) is 2.18. The summed E-state index contributed by atoms with van der Waals surface area (Å²) in [7, 11) is 0. The third-order valence-electron chi connectivity index (χ3n) is 2.18. The molecule has 0 saturated heterocycles. The number of hydrogen-bond acceptors (Lipinski definition) is 5. The van der Waals surface area contributed by atoms with Crippen LogP contribution in [0.25, 0.3) is 11.1 Å². The minimum Gasteiger partial charge on any atom is -0.358 e. The van der Waals surface area contributed by atoms with E-state index in [1.54, 1.807) is 18.2 Å². The van der Waals surface area contributed by atoms with Crippen LogP contribution in [0, 0.1) is 10.1 Å². The van der Waals surface area contributed by atoms with E-state index in [2.05, 4.69) is 9.97 Å². The fraction of sp³-hybridized carbons (Fsp3) is 0. The van der Waals surface area contributed by atoms with Crippen molar-refractivity contribution in [1.82, 2.24) is 9.97 Å². The van der Waals surface area contributed by atoms with E-state index in [9.17, 15) is 14.9 Å². The van der Waals surface area contributed by atoms with Gasteiger partial charge in [0.2, 0.25) is 0 Å². The summed E-state index contributed by atoms with van der Waals surface area (Å²) in [6, 6.07) is 6.19. The topological polar surface area (TPSA) is 86.0 Å². The number of nitro groups is 1. The van der Waals surface area contributed by atoms with Gasteiger partial charge in [0.1, 0.15) is 11.9 Å². The molecule has 2 aromatic rings. The molecule has 0 spiro atoms. The van der Waals surface area contributed by atoms with Crippen LogP contribution in [0.3, 0.4) is 0 Å². The zero-order chi connectivity index (χ0) is 12.3. The molecule has 2 heterocycles. The highest BCUT2D eigenvalue weighted by molar-refractivity contribution is 5.73. The Bertz CT molecular complexity index is 549. The summed E-state index contributed by atoms with van der Waals surface area (Å²) in [6.07, 6.45) is 3.57. The van der Waals surface area contributed by atoms with E-state index in [-0.39, 0.29) is 5.82 Å². The van der Waals surface area contributed by atoms with Gasteiger partial charge in [-0.1, -0.05) is 6.07 Å². The molecule has 0 aliphatic carbocycles. The molecular weight excluding hydrogens is 222 g/mol. The molecule has 17 heavy (non-hydrogen) atoms. The number of aldehydes is 1. The van der Waals surface area contributed by atoms with Gasteiger partial charge in [-0.15, -0.1) is 0 Å². The largest absolute Gasteiger partial charge is 0.363 e. The SMILES string of the molecule is O=Cc1ccc(-c2ccc([N+](=O)[O-])nc2)cn1. The molecule has 0 aliphatic heterocycles. The van der Waals surface area contributed by atoms with E-state index >= 15 is 0 Å². The zero-order valence-corrected chi connectivity index (χ0v) is 8.61. The number of hydrogen-bond donors (Lipinski definition) is 0. The predicted octanol–water partition coefficient (Wildman–Crippen LogP) is 1.86. The third kappa shape index (κ3) is 2.31. The average Bonchev–Trinajstić information content (AvgIpc) is 2.39. The van der Waals surface area contributed by atoms with E-state index in [4.69, 9.17) is 0 Å². The van der Waals surface area contributed by atoms with Crippen LogP contribution in [-0.2, 0) is 0 Å². The minimum absolute atomic E-state index is 0.203. The summed E-state index contributed by atoms with van der Waals surface area (Å²) in [6.45, 7) is 0. The van der Waals surface area contributed by atoms with E-state index in [1.165, 1.54) is 18.5 Å². The molecule has 0 fully saturated rings. The maximum atomic E-state index is 10.4. The lowest BCUT2D eigenvalue weighted by atomic mass is 10.1. The molecule has 0 aromatic carbocycles. The molecule has 6 nitrogen and oxygen atoms in total. The molecule has 84 valence electrons. The van der Waals surface area contributed by atoms with E-state index in [1.807, 2.05) is 0 Å². The Labute approximate surface area is 96.1 Å². The van der Waals surface area contributed by atoms with Crippen LogP contribution in [0.1, 0.15) is 10.5 Å². The van der Waals surface area contributed by atoms with Crippen molar-refractivity contribution in [3.8, 4) is 11.1 Å². The van der Waals surface area contributed by atoms with E-state index < -0.39 is 4.92 Å². The average molecular weight is 229 g/mol. The fourth-order valence-corrected chi connectivity index (χ4v) is 1.31. The zero-order valence-electron chi connectivity index (χ0n) is 8.61. The van der Waals surface area contributed by atoms with Crippen molar-refractivity contribution in [1.29, 1.82) is 0 Å². The predicted molar refractivity (Wildman–Crippen MR) is 59.5 cm³/mol. The van der Waals surface area contributed by atoms with Crippen molar-refractivity contribution in [2.75, 3.05) is 0 Å². The van der Waals surface area contributed by atoms with Gasteiger partial charge in [-0.2, -0.15) is 0 Å². The molecule has 0 saturated carbocycles. The molecule has 2 rings (SSSR count). The van der Waals surface area contributed by atoms with E-state index in [0.717, 1.165) is 5.56 Å². The maximum Gasteiger partial charge on any atom is 0.363 e. The van der Waals surface area contributed by atoms with Gasteiger partial charge in [0.05, 0.1) is 0 Å². The highest BCUT2D eigenvalue weighted by Crippen LogP contribution is 2.19. The first-order valence-electron chi connectivity index (χ1n) is 4.73.